The van der Waals surface area contributed by atoms with Crippen molar-refractivity contribution in [2.45, 2.75) is 55.4 Å². The number of nitrogens with zero attached hydrogens (tertiary/aromatic N) is 3. The van der Waals surface area contributed by atoms with Gasteiger partial charge in [-0.3, -0.25) is 19.5 Å². The van der Waals surface area contributed by atoms with E-state index in [-0.39, 0.29) is 40.5 Å². The summed E-state index contributed by atoms with van der Waals surface area (Å²) in [6.07, 6.45) is -2.38. The number of pyridine rings is 1. The van der Waals surface area contributed by atoms with Crippen LogP contribution < -0.4 is 14.8 Å². The van der Waals surface area contributed by atoms with Crippen LogP contribution in [0.15, 0.2) is 71.8 Å². The highest BCUT2D eigenvalue weighted by atomic mass is 32.2. The number of piperidine rings is 2. The molecule has 0 saturated carbocycles. The van der Waals surface area contributed by atoms with E-state index < -0.39 is 34.3 Å². The van der Waals surface area contributed by atoms with E-state index in [0.29, 0.717) is 56.8 Å². The van der Waals surface area contributed by atoms with Gasteiger partial charge in [0.15, 0.2) is 9.84 Å². The van der Waals surface area contributed by atoms with E-state index in [4.69, 9.17) is 4.74 Å². The van der Waals surface area contributed by atoms with Crippen LogP contribution in [0.5, 0.6) is 11.5 Å². The van der Waals surface area contributed by atoms with Gasteiger partial charge in [-0.1, -0.05) is 12.1 Å². The fourth-order valence-corrected chi connectivity index (χ4v) is 6.16. The molecule has 3 heterocycles. The average molecular weight is 679 g/mol. The number of hydrogen-bond acceptors (Lipinski definition) is 8. The lowest BCUT2D eigenvalue weighted by Crippen LogP contribution is -2.52. The number of hydrogen-bond donors (Lipinski definition) is 1. The highest BCUT2D eigenvalue weighted by molar-refractivity contribution is 7.90. The molecule has 15 heteroatoms. The SMILES string of the molecule is CS(=O)(=O)c1ccc(OC2CCN(C(=O)c3ccc(C(=O)N[C@@H]4CCN(Cc5ccc(OC(F)(F)F)cc5)C[C@H]4F)cn3)CC2)cc1. The highest BCUT2D eigenvalue weighted by Gasteiger charge is 2.32. The molecule has 2 aromatic carbocycles. The lowest BCUT2D eigenvalue weighted by Gasteiger charge is -2.35. The molecular weight excluding hydrogens is 644 g/mol. The number of carbonyl (C=O) groups excluding carboxylic acids is 2. The molecule has 0 bridgehead atoms. The van der Waals surface area contributed by atoms with E-state index in [0.717, 1.165) is 6.26 Å². The molecule has 10 nitrogen and oxygen atoms in total. The third-order valence-electron chi connectivity index (χ3n) is 8.03. The number of nitrogens with one attached hydrogen (secondary N) is 1. The smallest absolute Gasteiger partial charge is 0.490 e. The van der Waals surface area contributed by atoms with Crippen molar-refractivity contribution in [3.8, 4) is 11.5 Å². The minimum Gasteiger partial charge on any atom is -0.490 e. The first-order chi connectivity index (χ1) is 22.2. The second-order valence-corrected chi connectivity index (χ2v) is 13.6. The van der Waals surface area contributed by atoms with Crippen molar-refractivity contribution in [1.82, 2.24) is 20.1 Å². The second-order valence-electron chi connectivity index (χ2n) is 11.6. The number of alkyl halides is 4. The molecule has 2 amide bonds. The zero-order chi connectivity index (χ0) is 33.8. The Morgan fingerprint density at radius 2 is 1.60 bits per heavy atom. The van der Waals surface area contributed by atoms with Gasteiger partial charge in [0.1, 0.15) is 29.5 Å². The maximum Gasteiger partial charge on any atom is 0.573 e. The van der Waals surface area contributed by atoms with E-state index in [1.165, 1.54) is 54.7 Å². The minimum atomic E-state index is -4.78. The monoisotopic (exact) mass is 678 g/mol. The molecular formula is C32H34F4N4O6S. The Morgan fingerprint density at radius 1 is 0.936 bits per heavy atom. The number of aromatic nitrogens is 1. The number of sulfone groups is 1. The van der Waals surface area contributed by atoms with Crippen LogP contribution in [0.3, 0.4) is 0 Å². The summed E-state index contributed by atoms with van der Waals surface area (Å²) in [7, 11) is -3.30. The van der Waals surface area contributed by atoms with E-state index in [2.05, 4.69) is 15.0 Å². The van der Waals surface area contributed by atoms with Crippen molar-refractivity contribution in [2.24, 2.45) is 0 Å². The quantitative estimate of drug-likeness (QED) is 0.331. The number of halogens is 4. The van der Waals surface area contributed by atoms with Gasteiger partial charge in [0, 0.05) is 58.0 Å². The Morgan fingerprint density at radius 3 is 2.17 bits per heavy atom. The van der Waals surface area contributed by atoms with Gasteiger partial charge in [0.05, 0.1) is 16.5 Å². The molecule has 0 spiro atoms. The van der Waals surface area contributed by atoms with Crippen LogP contribution in [0.2, 0.25) is 0 Å². The summed E-state index contributed by atoms with van der Waals surface area (Å²) in [5.41, 5.74) is 1.06. The Bertz CT molecular complexity index is 1650. The number of carbonyl (C=O) groups is 2. The lowest BCUT2D eigenvalue weighted by atomic mass is 10.0. The minimum absolute atomic E-state index is 0.0363. The first kappa shape index (κ1) is 34.1. The molecule has 3 aromatic rings. The van der Waals surface area contributed by atoms with Crippen LogP contribution >= 0.6 is 0 Å². The van der Waals surface area contributed by atoms with Gasteiger partial charge in [-0.25, -0.2) is 12.8 Å². The van der Waals surface area contributed by atoms with Gasteiger partial charge in [0.25, 0.3) is 11.8 Å². The summed E-state index contributed by atoms with van der Waals surface area (Å²) in [6, 6.07) is 13.8. The van der Waals surface area contributed by atoms with Crippen molar-refractivity contribution in [3.63, 3.8) is 0 Å². The summed E-state index contributed by atoms with van der Waals surface area (Å²) in [4.78, 5) is 33.7. The van der Waals surface area contributed by atoms with Crippen molar-refractivity contribution < 1.29 is 45.0 Å². The zero-order valence-corrected chi connectivity index (χ0v) is 26.3. The molecule has 2 fully saturated rings. The van der Waals surface area contributed by atoms with Crippen LogP contribution in [0, 0.1) is 0 Å². The van der Waals surface area contributed by atoms with E-state index in [1.54, 1.807) is 17.0 Å². The first-order valence-corrected chi connectivity index (χ1v) is 16.9. The Kier molecular flexibility index (Phi) is 10.3. The summed E-state index contributed by atoms with van der Waals surface area (Å²) in [6.45, 7) is 1.70. The summed E-state index contributed by atoms with van der Waals surface area (Å²) < 4.78 is 85.2. The molecule has 1 aromatic heterocycles. The van der Waals surface area contributed by atoms with E-state index in [9.17, 15) is 31.2 Å². The molecule has 0 unspecified atom stereocenters. The second kappa shape index (κ2) is 14.3. The summed E-state index contributed by atoms with van der Waals surface area (Å²) in [5.74, 6) is -0.579. The first-order valence-electron chi connectivity index (χ1n) is 15.0. The van der Waals surface area contributed by atoms with Crippen LogP contribution in [0.1, 0.15) is 45.7 Å². The molecule has 2 aliphatic rings. The molecule has 2 atom stereocenters. The molecule has 2 aliphatic heterocycles. The number of amides is 2. The predicted octanol–water partition coefficient (Wildman–Crippen LogP) is 4.41. The fourth-order valence-electron chi connectivity index (χ4n) is 5.53. The Balaban J connectivity index is 1.06. The van der Waals surface area contributed by atoms with E-state index in [1.807, 2.05) is 4.90 Å². The van der Waals surface area contributed by atoms with E-state index >= 15 is 4.39 Å². The summed E-state index contributed by atoms with van der Waals surface area (Å²) >= 11 is 0. The van der Waals surface area contributed by atoms with Crippen LogP contribution in [0.4, 0.5) is 17.6 Å². The molecule has 0 radical (unpaired) electrons. The highest BCUT2D eigenvalue weighted by Crippen LogP contribution is 2.25. The standard InChI is InChI=1S/C32H34F4N4O6S/c1-47(43,44)26-9-7-23(8-10-26)45-24-12-16-40(17-13-24)31(42)29-11-4-22(18-37-29)30(41)38-28-14-15-39(20-27(28)33)19-21-2-5-25(6-3-21)46-32(34,35)36/h2-11,18,24,27-28H,12-17,19-20H2,1H3,(H,38,41)/t27-,28-/m1/s1. The van der Waals surface area contributed by atoms with Crippen LogP contribution in [-0.4, -0.2) is 92.1 Å². The number of rotatable bonds is 9. The molecule has 1 N–H and O–H groups in total. The van der Waals surface area contributed by atoms with Crippen LogP contribution in [-0.2, 0) is 16.4 Å². The molecule has 47 heavy (non-hydrogen) atoms. The van der Waals surface area contributed by atoms with Crippen molar-refractivity contribution in [2.75, 3.05) is 32.4 Å². The zero-order valence-electron chi connectivity index (χ0n) is 25.5. The molecule has 252 valence electrons. The van der Waals surface area contributed by atoms with Gasteiger partial charge in [-0.05, 0) is 60.5 Å². The third kappa shape index (κ3) is 9.41. The number of likely N-dealkylation sites (tertiary alicyclic amines) is 2. The Labute approximate surface area is 269 Å². The molecule has 5 rings (SSSR count). The normalized spacial score (nSPS) is 19.6. The number of benzene rings is 2. The van der Waals surface area contributed by atoms with Crippen molar-refractivity contribution >= 4 is 21.7 Å². The molecule has 0 aliphatic carbocycles. The van der Waals surface area contributed by atoms with Crippen molar-refractivity contribution in [1.29, 1.82) is 0 Å². The third-order valence-corrected chi connectivity index (χ3v) is 9.16. The van der Waals surface area contributed by atoms with Gasteiger partial charge < -0.3 is 19.7 Å². The van der Waals surface area contributed by atoms with Gasteiger partial charge in [0.2, 0.25) is 0 Å². The summed E-state index contributed by atoms with van der Waals surface area (Å²) in [5, 5.41) is 2.70. The lowest BCUT2D eigenvalue weighted by molar-refractivity contribution is -0.274. The maximum absolute atomic E-state index is 15.0. The van der Waals surface area contributed by atoms with Gasteiger partial charge in [-0.15, -0.1) is 13.2 Å². The predicted molar refractivity (Wildman–Crippen MR) is 163 cm³/mol. The van der Waals surface area contributed by atoms with Crippen molar-refractivity contribution in [3.05, 3.63) is 83.7 Å². The van der Waals surface area contributed by atoms with Gasteiger partial charge >= 0.3 is 6.36 Å². The topological polar surface area (TPSA) is 118 Å². The largest absolute Gasteiger partial charge is 0.573 e. The maximum atomic E-state index is 15.0. The fraction of sp³-hybridized carbons (Fsp3) is 0.406. The number of ether oxygens (including phenoxy) is 2. The molecule has 2 saturated heterocycles. The average Bonchev–Trinajstić information content (AvgIpc) is 3.02. The van der Waals surface area contributed by atoms with Crippen LogP contribution in [0.25, 0.3) is 0 Å². The van der Waals surface area contributed by atoms with Gasteiger partial charge in [-0.2, -0.15) is 0 Å². The Hall–Kier alpha value is -4.24.